The van der Waals surface area contributed by atoms with Crippen molar-refractivity contribution < 1.29 is 9.53 Å². The molecule has 1 aliphatic heterocycles. The summed E-state index contributed by atoms with van der Waals surface area (Å²) in [4.78, 5) is 11.6. The fraction of sp³-hybridized carbons (Fsp3) is 0.385. The highest BCUT2D eigenvalue weighted by Crippen LogP contribution is 2.64. The van der Waals surface area contributed by atoms with E-state index in [1.165, 1.54) is 0 Å². The van der Waals surface area contributed by atoms with E-state index >= 15 is 0 Å². The van der Waals surface area contributed by atoms with Crippen LogP contribution in [0.15, 0.2) is 24.3 Å². The number of ether oxygens (including phenoxy) is 1. The Balaban J connectivity index is 1.86. The number of carbonyl (C=O) groups excluding carboxylic acids is 1. The van der Waals surface area contributed by atoms with Crippen molar-refractivity contribution in [3.8, 4) is 6.07 Å². The highest BCUT2D eigenvalue weighted by molar-refractivity contribution is 5.84. The summed E-state index contributed by atoms with van der Waals surface area (Å²) in [6.45, 7) is 0.561. The molecular formula is C13H11NO2. The van der Waals surface area contributed by atoms with Crippen LogP contribution in [-0.4, -0.2) is 12.6 Å². The summed E-state index contributed by atoms with van der Waals surface area (Å²) in [5.74, 6) is 0.261. The summed E-state index contributed by atoms with van der Waals surface area (Å²) in [5.41, 5.74) is 1.58. The molecule has 0 unspecified atom stereocenters. The van der Waals surface area contributed by atoms with E-state index in [1.54, 1.807) is 0 Å². The fourth-order valence-corrected chi connectivity index (χ4v) is 2.61. The van der Waals surface area contributed by atoms with Crippen LogP contribution in [0.1, 0.15) is 29.9 Å². The maximum atomic E-state index is 11.6. The number of carbonyl (C=O) groups is 1. The minimum Gasteiger partial charge on any atom is -0.465 e. The van der Waals surface area contributed by atoms with Gasteiger partial charge in [-0.1, -0.05) is 12.1 Å². The Morgan fingerprint density at radius 1 is 1.38 bits per heavy atom. The molecule has 1 aromatic rings. The molecule has 0 radical (unpaired) electrons. The Hall–Kier alpha value is -1.82. The maximum absolute atomic E-state index is 11.6. The minimum absolute atomic E-state index is 0.0399. The van der Waals surface area contributed by atoms with Crippen LogP contribution in [0, 0.1) is 16.7 Å². The second-order valence-corrected chi connectivity index (χ2v) is 4.53. The van der Waals surface area contributed by atoms with E-state index in [0.29, 0.717) is 18.1 Å². The van der Waals surface area contributed by atoms with Gasteiger partial charge in [0.2, 0.25) is 0 Å². The third-order valence-corrected chi connectivity index (χ3v) is 3.71. The summed E-state index contributed by atoms with van der Waals surface area (Å²) in [6.07, 6.45) is 1.74. The lowest BCUT2D eigenvalue weighted by Gasteiger charge is -2.04. The molecule has 0 N–H and O–H groups in total. The van der Waals surface area contributed by atoms with Crippen molar-refractivity contribution in [1.29, 1.82) is 5.26 Å². The predicted octanol–water partition coefficient (Wildman–Crippen LogP) is 1.98. The van der Waals surface area contributed by atoms with Crippen LogP contribution in [0.3, 0.4) is 0 Å². The largest absolute Gasteiger partial charge is 0.465 e. The van der Waals surface area contributed by atoms with Crippen LogP contribution >= 0.6 is 0 Å². The van der Waals surface area contributed by atoms with Crippen molar-refractivity contribution in [1.82, 2.24) is 0 Å². The molecule has 80 valence electrons. The molecule has 3 heteroatoms. The standard InChI is InChI=1S/C13H11NO2/c14-8-9-1-3-10(4-2-9)11-7-13(11)5-6-16-12(13)15/h1-4,11H,5-7H2/t11-,13+/m0/s1. The summed E-state index contributed by atoms with van der Waals surface area (Å²) in [7, 11) is 0. The predicted molar refractivity (Wildman–Crippen MR) is 56.5 cm³/mol. The molecule has 3 rings (SSSR count). The molecule has 16 heavy (non-hydrogen) atoms. The van der Waals surface area contributed by atoms with Gasteiger partial charge < -0.3 is 4.74 Å². The number of hydrogen-bond acceptors (Lipinski definition) is 3. The van der Waals surface area contributed by atoms with Gasteiger partial charge in [0.15, 0.2) is 0 Å². The molecule has 1 aromatic carbocycles. The van der Waals surface area contributed by atoms with Gasteiger partial charge in [-0.15, -0.1) is 0 Å². The van der Waals surface area contributed by atoms with E-state index in [-0.39, 0.29) is 11.4 Å². The van der Waals surface area contributed by atoms with Crippen molar-refractivity contribution in [2.24, 2.45) is 5.41 Å². The molecule has 2 atom stereocenters. The van der Waals surface area contributed by atoms with Gasteiger partial charge in [0.05, 0.1) is 23.7 Å². The first-order chi connectivity index (χ1) is 7.76. The smallest absolute Gasteiger partial charge is 0.312 e. The average molecular weight is 213 g/mol. The van der Waals surface area contributed by atoms with Crippen LogP contribution in [0.4, 0.5) is 0 Å². The first-order valence-electron chi connectivity index (χ1n) is 5.43. The van der Waals surface area contributed by atoms with Crippen LogP contribution in [0.25, 0.3) is 0 Å². The maximum Gasteiger partial charge on any atom is 0.312 e. The average Bonchev–Trinajstić information content (AvgIpc) is 2.94. The van der Waals surface area contributed by atoms with E-state index in [2.05, 4.69) is 6.07 Å². The zero-order chi connectivity index (χ0) is 11.2. The Morgan fingerprint density at radius 2 is 2.12 bits per heavy atom. The molecule has 1 heterocycles. The highest BCUT2D eigenvalue weighted by Gasteiger charge is 2.63. The molecule has 0 aromatic heterocycles. The van der Waals surface area contributed by atoms with E-state index in [0.717, 1.165) is 18.4 Å². The monoisotopic (exact) mass is 213 g/mol. The second-order valence-electron chi connectivity index (χ2n) is 4.53. The second kappa shape index (κ2) is 3.08. The Kier molecular flexibility index (Phi) is 1.81. The summed E-state index contributed by atoms with van der Waals surface area (Å²) in [6, 6.07) is 9.60. The van der Waals surface area contributed by atoms with E-state index in [9.17, 15) is 4.79 Å². The number of benzene rings is 1. The lowest BCUT2D eigenvalue weighted by molar-refractivity contribution is -0.142. The van der Waals surface area contributed by atoms with E-state index in [1.807, 2.05) is 24.3 Å². The first kappa shape index (κ1) is 9.41. The van der Waals surface area contributed by atoms with Gasteiger partial charge in [0.1, 0.15) is 0 Å². The van der Waals surface area contributed by atoms with Gasteiger partial charge in [-0.2, -0.15) is 5.26 Å². The molecule has 3 nitrogen and oxygen atoms in total. The number of nitriles is 1. The molecule has 0 amide bonds. The van der Waals surface area contributed by atoms with Crippen LogP contribution in [0.2, 0.25) is 0 Å². The molecule has 1 aliphatic carbocycles. The number of nitrogens with zero attached hydrogens (tertiary/aromatic N) is 1. The molecule has 1 saturated carbocycles. The Labute approximate surface area is 93.6 Å². The normalized spacial score (nSPS) is 31.2. The summed E-state index contributed by atoms with van der Waals surface area (Å²) >= 11 is 0. The highest BCUT2D eigenvalue weighted by atomic mass is 16.5. The number of rotatable bonds is 1. The molecule has 2 fully saturated rings. The van der Waals surface area contributed by atoms with Crippen LogP contribution in [-0.2, 0) is 9.53 Å². The molecule has 1 saturated heterocycles. The van der Waals surface area contributed by atoms with Crippen molar-refractivity contribution >= 4 is 5.97 Å². The summed E-state index contributed by atoms with van der Waals surface area (Å²) < 4.78 is 5.04. The lowest BCUT2D eigenvalue weighted by Crippen LogP contribution is -2.10. The number of hydrogen-bond donors (Lipinski definition) is 0. The van der Waals surface area contributed by atoms with Crippen molar-refractivity contribution in [3.63, 3.8) is 0 Å². The van der Waals surface area contributed by atoms with Gasteiger partial charge >= 0.3 is 5.97 Å². The Bertz CT molecular complexity index is 486. The molecule has 0 bridgehead atoms. The van der Waals surface area contributed by atoms with Gasteiger partial charge in [-0.25, -0.2) is 0 Å². The van der Waals surface area contributed by atoms with Gasteiger partial charge in [0.25, 0.3) is 0 Å². The zero-order valence-electron chi connectivity index (χ0n) is 8.77. The van der Waals surface area contributed by atoms with Crippen LogP contribution in [0.5, 0.6) is 0 Å². The molecular weight excluding hydrogens is 202 g/mol. The summed E-state index contributed by atoms with van der Waals surface area (Å²) in [5, 5.41) is 8.71. The van der Waals surface area contributed by atoms with Crippen molar-refractivity contribution in [2.45, 2.75) is 18.8 Å². The zero-order valence-corrected chi connectivity index (χ0v) is 8.77. The number of cyclic esters (lactones) is 1. The first-order valence-corrected chi connectivity index (χ1v) is 5.43. The van der Waals surface area contributed by atoms with E-state index in [4.69, 9.17) is 10.00 Å². The van der Waals surface area contributed by atoms with Crippen molar-refractivity contribution in [3.05, 3.63) is 35.4 Å². The lowest BCUT2D eigenvalue weighted by atomic mass is 9.97. The fourth-order valence-electron chi connectivity index (χ4n) is 2.61. The van der Waals surface area contributed by atoms with Gasteiger partial charge in [-0.05, 0) is 30.5 Å². The van der Waals surface area contributed by atoms with Crippen molar-refractivity contribution in [2.75, 3.05) is 6.61 Å². The third kappa shape index (κ3) is 1.16. The minimum atomic E-state index is -0.228. The van der Waals surface area contributed by atoms with Crippen LogP contribution < -0.4 is 0 Å². The number of esters is 1. The Morgan fingerprint density at radius 3 is 2.69 bits per heavy atom. The third-order valence-electron chi connectivity index (χ3n) is 3.71. The SMILES string of the molecule is N#Cc1ccc([C@@H]2C[C@]23CCOC3=O)cc1. The van der Waals surface area contributed by atoms with Gasteiger partial charge in [-0.3, -0.25) is 4.79 Å². The molecule has 1 spiro atoms. The quantitative estimate of drug-likeness (QED) is 0.670. The topological polar surface area (TPSA) is 50.1 Å². The van der Waals surface area contributed by atoms with E-state index < -0.39 is 0 Å². The molecule has 2 aliphatic rings. The van der Waals surface area contributed by atoms with Gasteiger partial charge in [0, 0.05) is 5.92 Å².